The number of alkyl halides is 3. The van der Waals surface area contributed by atoms with Crippen molar-refractivity contribution in [2.24, 2.45) is 0 Å². The first-order valence-electron chi connectivity index (χ1n) is 4.64. The van der Waals surface area contributed by atoms with Gasteiger partial charge in [0.2, 0.25) is 5.82 Å². The summed E-state index contributed by atoms with van der Waals surface area (Å²) in [6.07, 6.45) is -4.71. The van der Waals surface area contributed by atoms with E-state index in [2.05, 4.69) is 15.3 Å². The van der Waals surface area contributed by atoms with Gasteiger partial charge in [0.1, 0.15) is 17.2 Å². The fraction of sp³-hybridized carbons (Fsp3) is 0.200. The molecule has 0 radical (unpaired) electrons. The first-order valence-corrected chi connectivity index (χ1v) is 4.64. The highest BCUT2D eigenvalue weighted by molar-refractivity contribution is 5.89. The summed E-state index contributed by atoms with van der Waals surface area (Å²) in [5, 5.41) is 2.70. The third-order valence-corrected chi connectivity index (χ3v) is 2.17. The molecule has 0 atom stereocenters. The highest BCUT2D eigenvalue weighted by Crippen LogP contribution is 2.30. The summed E-state index contributed by atoms with van der Waals surface area (Å²) < 4.78 is 50.9. The largest absolute Gasteiger partial charge is 0.451 e. The van der Waals surface area contributed by atoms with E-state index in [0.717, 1.165) is 6.07 Å². The summed E-state index contributed by atoms with van der Waals surface area (Å²) in [6, 6.07) is 3.88. The maximum Gasteiger partial charge on any atom is 0.451 e. The molecule has 1 aromatic heterocycles. The van der Waals surface area contributed by atoms with Crippen molar-refractivity contribution in [1.29, 1.82) is 0 Å². The van der Waals surface area contributed by atoms with E-state index in [0.29, 0.717) is 0 Å². The van der Waals surface area contributed by atoms with E-state index in [1.807, 2.05) is 0 Å². The predicted molar refractivity (Wildman–Crippen MR) is 54.0 cm³/mol. The minimum atomic E-state index is -4.71. The molecular weight excluding hydrogens is 238 g/mol. The van der Waals surface area contributed by atoms with Crippen LogP contribution in [0.1, 0.15) is 5.82 Å². The maximum absolute atomic E-state index is 13.4. The zero-order chi connectivity index (χ0) is 12.6. The first-order chi connectivity index (χ1) is 7.93. The number of nitrogens with zero attached hydrogens (tertiary/aromatic N) is 2. The monoisotopic (exact) mass is 245 g/mol. The number of nitrogens with one attached hydrogen (secondary N) is 1. The first kappa shape index (κ1) is 11.6. The lowest BCUT2D eigenvalue weighted by Crippen LogP contribution is -2.13. The van der Waals surface area contributed by atoms with Crippen LogP contribution in [0.25, 0.3) is 10.9 Å². The van der Waals surface area contributed by atoms with Gasteiger partial charge in [0.05, 0.1) is 0 Å². The number of benzene rings is 1. The molecule has 0 amide bonds. The average molecular weight is 245 g/mol. The lowest BCUT2D eigenvalue weighted by atomic mass is 10.2. The number of halogens is 4. The fourth-order valence-electron chi connectivity index (χ4n) is 1.43. The molecule has 2 aromatic rings. The van der Waals surface area contributed by atoms with Crippen molar-refractivity contribution in [2.45, 2.75) is 6.18 Å². The Balaban J connectivity index is 2.81. The van der Waals surface area contributed by atoms with Gasteiger partial charge >= 0.3 is 6.18 Å². The number of fused-ring (bicyclic) bond motifs is 1. The molecule has 0 aliphatic carbocycles. The highest BCUT2D eigenvalue weighted by Gasteiger charge is 2.35. The second-order valence-electron chi connectivity index (χ2n) is 3.28. The second kappa shape index (κ2) is 3.83. The standard InChI is InChI=1S/C10H7F4N3/c1-15-8-5-3-2-4-6(11)7(5)16-9(17-8)10(12,13)14/h2-4H,1H3,(H,15,16,17). The number of hydrogen-bond donors (Lipinski definition) is 1. The molecule has 0 bridgehead atoms. The molecule has 1 aromatic carbocycles. The molecule has 0 fully saturated rings. The average Bonchev–Trinajstić information content (AvgIpc) is 2.27. The third kappa shape index (κ3) is 2.00. The van der Waals surface area contributed by atoms with E-state index in [4.69, 9.17) is 0 Å². The van der Waals surface area contributed by atoms with Crippen LogP contribution in [-0.4, -0.2) is 17.0 Å². The van der Waals surface area contributed by atoms with E-state index in [1.165, 1.54) is 19.2 Å². The molecule has 17 heavy (non-hydrogen) atoms. The molecule has 90 valence electrons. The van der Waals surface area contributed by atoms with Crippen LogP contribution in [0.5, 0.6) is 0 Å². The van der Waals surface area contributed by atoms with Crippen molar-refractivity contribution in [1.82, 2.24) is 9.97 Å². The summed E-state index contributed by atoms with van der Waals surface area (Å²) >= 11 is 0. The van der Waals surface area contributed by atoms with Gasteiger partial charge in [-0.3, -0.25) is 0 Å². The van der Waals surface area contributed by atoms with Crippen LogP contribution in [0.3, 0.4) is 0 Å². The van der Waals surface area contributed by atoms with Crippen molar-refractivity contribution >= 4 is 16.7 Å². The summed E-state index contributed by atoms with van der Waals surface area (Å²) in [7, 11) is 1.41. The van der Waals surface area contributed by atoms with E-state index in [9.17, 15) is 17.6 Å². The van der Waals surface area contributed by atoms with Crippen molar-refractivity contribution in [3.8, 4) is 0 Å². The zero-order valence-electron chi connectivity index (χ0n) is 8.64. The predicted octanol–water partition coefficient (Wildman–Crippen LogP) is 2.83. The van der Waals surface area contributed by atoms with Crippen LogP contribution < -0.4 is 5.32 Å². The fourth-order valence-corrected chi connectivity index (χ4v) is 1.43. The minimum Gasteiger partial charge on any atom is -0.373 e. The van der Waals surface area contributed by atoms with Crippen LogP contribution >= 0.6 is 0 Å². The van der Waals surface area contributed by atoms with Crippen LogP contribution in [-0.2, 0) is 6.18 Å². The van der Waals surface area contributed by atoms with Crippen LogP contribution in [0.4, 0.5) is 23.4 Å². The van der Waals surface area contributed by atoms with Crippen LogP contribution in [0.2, 0.25) is 0 Å². The quantitative estimate of drug-likeness (QED) is 0.785. The second-order valence-corrected chi connectivity index (χ2v) is 3.28. The summed E-state index contributed by atoms with van der Waals surface area (Å²) in [4.78, 5) is 6.52. The Kier molecular flexibility index (Phi) is 2.60. The molecule has 0 unspecified atom stereocenters. The molecule has 0 saturated carbocycles. The van der Waals surface area contributed by atoms with E-state index in [1.54, 1.807) is 0 Å². The molecule has 0 saturated heterocycles. The molecular formula is C10H7F4N3. The molecule has 0 aliphatic rings. The Bertz CT molecular complexity index is 565. The molecule has 7 heteroatoms. The molecule has 2 rings (SSSR count). The zero-order valence-corrected chi connectivity index (χ0v) is 8.64. The SMILES string of the molecule is CNc1nc(C(F)(F)F)nc2c(F)cccc12. The van der Waals surface area contributed by atoms with Gasteiger partial charge in [-0.05, 0) is 12.1 Å². The number of anilines is 1. The Morgan fingerprint density at radius 2 is 1.88 bits per heavy atom. The van der Waals surface area contributed by atoms with Gasteiger partial charge in [0.15, 0.2) is 0 Å². The van der Waals surface area contributed by atoms with Crippen molar-refractivity contribution in [2.75, 3.05) is 12.4 Å². The smallest absolute Gasteiger partial charge is 0.373 e. The Hall–Kier alpha value is -1.92. The summed E-state index contributed by atoms with van der Waals surface area (Å²) in [5.74, 6) is -2.23. The normalized spacial score (nSPS) is 11.8. The van der Waals surface area contributed by atoms with E-state index < -0.39 is 17.8 Å². The molecule has 0 aliphatic heterocycles. The molecule has 3 nitrogen and oxygen atoms in total. The van der Waals surface area contributed by atoms with E-state index in [-0.39, 0.29) is 16.7 Å². The van der Waals surface area contributed by atoms with Crippen molar-refractivity contribution in [3.63, 3.8) is 0 Å². The van der Waals surface area contributed by atoms with E-state index >= 15 is 0 Å². The van der Waals surface area contributed by atoms with Gasteiger partial charge < -0.3 is 5.32 Å². The third-order valence-electron chi connectivity index (χ3n) is 2.17. The molecule has 1 N–H and O–H groups in total. The van der Waals surface area contributed by atoms with Gasteiger partial charge in [-0.15, -0.1) is 0 Å². The van der Waals surface area contributed by atoms with Gasteiger partial charge in [0, 0.05) is 12.4 Å². The summed E-state index contributed by atoms with van der Waals surface area (Å²) in [5.41, 5.74) is -0.348. The topological polar surface area (TPSA) is 37.8 Å². The lowest BCUT2D eigenvalue weighted by molar-refractivity contribution is -0.144. The van der Waals surface area contributed by atoms with Gasteiger partial charge in [-0.2, -0.15) is 13.2 Å². The van der Waals surface area contributed by atoms with Crippen LogP contribution in [0.15, 0.2) is 18.2 Å². The van der Waals surface area contributed by atoms with Gasteiger partial charge in [-0.1, -0.05) is 6.07 Å². The molecule has 0 spiro atoms. The Morgan fingerprint density at radius 1 is 1.18 bits per heavy atom. The van der Waals surface area contributed by atoms with Crippen molar-refractivity contribution < 1.29 is 17.6 Å². The van der Waals surface area contributed by atoms with Gasteiger partial charge in [-0.25, -0.2) is 14.4 Å². The lowest BCUT2D eigenvalue weighted by Gasteiger charge is -2.10. The maximum atomic E-state index is 13.4. The summed E-state index contributed by atoms with van der Waals surface area (Å²) in [6.45, 7) is 0. The highest BCUT2D eigenvalue weighted by atomic mass is 19.4. The number of hydrogen-bond acceptors (Lipinski definition) is 3. The van der Waals surface area contributed by atoms with Crippen molar-refractivity contribution in [3.05, 3.63) is 29.8 Å². The number of rotatable bonds is 1. The Labute approximate surface area is 93.5 Å². The van der Waals surface area contributed by atoms with Crippen LogP contribution in [0, 0.1) is 5.82 Å². The number of para-hydroxylation sites is 1. The van der Waals surface area contributed by atoms with Gasteiger partial charge in [0.25, 0.3) is 0 Å². The minimum absolute atomic E-state index is 0.0539. The molecule has 1 heterocycles. The number of aromatic nitrogens is 2. The Morgan fingerprint density at radius 3 is 2.47 bits per heavy atom.